The Balaban J connectivity index is 2.69. The molecular weight excluding hydrogens is 220 g/mol. The summed E-state index contributed by atoms with van der Waals surface area (Å²) in [5.41, 5.74) is 6.03. The Morgan fingerprint density at radius 3 is 2.41 bits per heavy atom. The Bertz CT molecular complexity index is 390. The average molecular weight is 236 g/mol. The molecule has 0 bridgehead atoms. The number of nitrogens with one attached hydrogen (secondary N) is 1. The van der Waals surface area contributed by atoms with Crippen molar-refractivity contribution >= 4 is 11.9 Å². The molecule has 0 aliphatic carbocycles. The first kappa shape index (κ1) is 13.2. The Labute approximate surface area is 99.6 Å². The highest BCUT2D eigenvalue weighted by Crippen LogP contribution is 2.14. The predicted octanol–water partition coefficient (Wildman–Crippen LogP) is 0.318. The van der Waals surface area contributed by atoms with Crippen molar-refractivity contribution in [3.8, 4) is 0 Å². The second-order valence-electron chi connectivity index (χ2n) is 3.84. The van der Waals surface area contributed by atoms with Crippen molar-refractivity contribution in [3.05, 3.63) is 35.9 Å². The minimum Gasteiger partial charge on any atom is -0.481 e. The number of nitrogens with two attached hydrogens (primary N) is 1. The minimum atomic E-state index is -0.971. The van der Waals surface area contributed by atoms with Crippen molar-refractivity contribution in [2.75, 3.05) is 6.54 Å². The number of carboxylic acids is 1. The number of hydrogen-bond acceptors (Lipinski definition) is 3. The molecule has 2 atom stereocenters. The lowest BCUT2D eigenvalue weighted by Gasteiger charge is -2.14. The lowest BCUT2D eigenvalue weighted by atomic mass is 9.99. The third-order valence-electron chi connectivity index (χ3n) is 2.39. The number of carbonyl (C=O) groups is 2. The molecule has 5 nitrogen and oxygen atoms in total. The van der Waals surface area contributed by atoms with Crippen LogP contribution in [0.4, 0.5) is 0 Å². The molecule has 4 N–H and O–H groups in total. The summed E-state index contributed by atoms with van der Waals surface area (Å²) >= 11 is 0. The third-order valence-corrected chi connectivity index (χ3v) is 2.39. The largest absolute Gasteiger partial charge is 0.481 e. The van der Waals surface area contributed by atoms with Gasteiger partial charge in [-0.25, -0.2) is 0 Å². The first-order valence-electron chi connectivity index (χ1n) is 5.33. The van der Waals surface area contributed by atoms with Gasteiger partial charge in [-0.15, -0.1) is 0 Å². The van der Waals surface area contributed by atoms with Crippen molar-refractivity contribution in [3.63, 3.8) is 0 Å². The number of carbonyl (C=O) groups excluding carboxylic acids is 1. The summed E-state index contributed by atoms with van der Waals surface area (Å²) in [5, 5.41) is 11.6. The van der Waals surface area contributed by atoms with Crippen LogP contribution < -0.4 is 11.1 Å². The second kappa shape index (κ2) is 6.00. The van der Waals surface area contributed by atoms with Crippen molar-refractivity contribution in [1.82, 2.24) is 5.32 Å². The van der Waals surface area contributed by atoms with Gasteiger partial charge in [0.2, 0.25) is 5.91 Å². The molecule has 0 aromatic heterocycles. The number of amides is 1. The number of carboxylic acid groups (broad SMARTS) is 1. The Hall–Kier alpha value is -1.88. The molecule has 92 valence electrons. The molecule has 1 rings (SSSR count). The van der Waals surface area contributed by atoms with E-state index in [1.807, 2.05) is 6.07 Å². The van der Waals surface area contributed by atoms with E-state index in [9.17, 15) is 9.59 Å². The summed E-state index contributed by atoms with van der Waals surface area (Å²) in [6.07, 6.45) is 0. The molecule has 0 saturated heterocycles. The number of benzene rings is 1. The summed E-state index contributed by atoms with van der Waals surface area (Å²) in [5.74, 6) is -2.08. The number of aliphatic carboxylic acids is 1. The SMILES string of the molecule is C[C@H](N)C(=O)NCC(C(=O)O)c1ccccc1. The summed E-state index contributed by atoms with van der Waals surface area (Å²) < 4.78 is 0. The zero-order chi connectivity index (χ0) is 12.8. The van der Waals surface area contributed by atoms with E-state index in [2.05, 4.69) is 5.32 Å². The van der Waals surface area contributed by atoms with Gasteiger partial charge < -0.3 is 16.2 Å². The van der Waals surface area contributed by atoms with Crippen LogP contribution >= 0.6 is 0 Å². The van der Waals surface area contributed by atoms with Crippen LogP contribution in [0.25, 0.3) is 0 Å². The summed E-state index contributed by atoms with van der Waals surface area (Å²) in [4.78, 5) is 22.4. The van der Waals surface area contributed by atoms with E-state index in [-0.39, 0.29) is 12.5 Å². The molecule has 0 saturated carbocycles. The highest BCUT2D eigenvalue weighted by molar-refractivity contribution is 5.82. The molecule has 0 heterocycles. The lowest BCUT2D eigenvalue weighted by molar-refractivity contribution is -0.138. The monoisotopic (exact) mass is 236 g/mol. The maximum atomic E-state index is 11.3. The van der Waals surface area contributed by atoms with Crippen LogP contribution in [-0.2, 0) is 9.59 Å². The molecule has 0 spiro atoms. The van der Waals surface area contributed by atoms with E-state index in [1.165, 1.54) is 0 Å². The minimum absolute atomic E-state index is 0.0414. The van der Waals surface area contributed by atoms with E-state index >= 15 is 0 Å². The summed E-state index contributed by atoms with van der Waals surface area (Å²) in [6.45, 7) is 1.59. The highest BCUT2D eigenvalue weighted by atomic mass is 16.4. The van der Waals surface area contributed by atoms with Crippen molar-refractivity contribution < 1.29 is 14.7 Å². The molecule has 5 heteroatoms. The van der Waals surface area contributed by atoms with Gasteiger partial charge in [-0.3, -0.25) is 9.59 Å². The molecule has 0 aliphatic rings. The Morgan fingerprint density at radius 2 is 1.94 bits per heavy atom. The Morgan fingerprint density at radius 1 is 1.35 bits per heavy atom. The van der Waals surface area contributed by atoms with Gasteiger partial charge >= 0.3 is 5.97 Å². The fraction of sp³-hybridized carbons (Fsp3) is 0.333. The van der Waals surface area contributed by atoms with Crippen molar-refractivity contribution in [2.45, 2.75) is 18.9 Å². The smallest absolute Gasteiger partial charge is 0.312 e. The van der Waals surface area contributed by atoms with E-state index in [0.717, 1.165) is 0 Å². The van der Waals surface area contributed by atoms with Gasteiger partial charge in [0.05, 0.1) is 12.0 Å². The summed E-state index contributed by atoms with van der Waals surface area (Å²) in [6, 6.07) is 8.13. The first-order chi connectivity index (χ1) is 8.02. The van der Waals surface area contributed by atoms with Crippen LogP contribution in [-0.4, -0.2) is 29.6 Å². The van der Waals surface area contributed by atoms with E-state index in [0.29, 0.717) is 5.56 Å². The van der Waals surface area contributed by atoms with Crippen molar-refractivity contribution in [1.29, 1.82) is 0 Å². The van der Waals surface area contributed by atoms with Crippen LogP contribution in [0, 0.1) is 0 Å². The highest BCUT2D eigenvalue weighted by Gasteiger charge is 2.20. The molecule has 0 aliphatic heterocycles. The van der Waals surface area contributed by atoms with Crippen LogP contribution in [0.3, 0.4) is 0 Å². The molecule has 1 unspecified atom stereocenters. The van der Waals surface area contributed by atoms with Crippen LogP contribution in [0.15, 0.2) is 30.3 Å². The molecule has 1 amide bonds. The van der Waals surface area contributed by atoms with Gasteiger partial charge in [0.1, 0.15) is 0 Å². The third kappa shape index (κ3) is 3.88. The van der Waals surface area contributed by atoms with E-state index in [4.69, 9.17) is 10.8 Å². The number of rotatable bonds is 5. The quantitative estimate of drug-likeness (QED) is 0.686. The zero-order valence-electron chi connectivity index (χ0n) is 9.59. The van der Waals surface area contributed by atoms with Gasteiger partial charge in [0, 0.05) is 6.54 Å². The fourth-order valence-electron chi connectivity index (χ4n) is 1.40. The maximum Gasteiger partial charge on any atom is 0.312 e. The van der Waals surface area contributed by atoms with Crippen LogP contribution in [0.2, 0.25) is 0 Å². The topological polar surface area (TPSA) is 92.4 Å². The average Bonchev–Trinajstić information content (AvgIpc) is 2.29. The number of hydrogen-bond donors (Lipinski definition) is 3. The van der Waals surface area contributed by atoms with E-state index in [1.54, 1.807) is 31.2 Å². The molecule has 0 radical (unpaired) electrons. The van der Waals surface area contributed by atoms with E-state index < -0.39 is 17.9 Å². The van der Waals surface area contributed by atoms with Gasteiger partial charge in [-0.05, 0) is 12.5 Å². The molecule has 1 aromatic rings. The molecule has 17 heavy (non-hydrogen) atoms. The Kier molecular flexibility index (Phi) is 4.66. The maximum absolute atomic E-state index is 11.3. The normalized spacial score (nSPS) is 13.8. The van der Waals surface area contributed by atoms with Gasteiger partial charge in [-0.1, -0.05) is 30.3 Å². The van der Waals surface area contributed by atoms with Crippen LogP contribution in [0.5, 0.6) is 0 Å². The standard InChI is InChI=1S/C12H16N2O3/c1-8(13)11(15)14-7-10(12(16)17)9-5-3-2-4-6-9/h2-6,8,10H,7,13H2,1H3,(H,14,15)(H,16,17)/t8-,10?/m0/s1. The zero-order valence-corrected chi connectivity index (χ0v) is 9.59. The fourth-order valence-corrected chi connectivity index (χ4v) is 1.40. The van der Waals surface area contributed by atoms with Gasteiger partial charge in [0.25, 0.3) is 0 Å². The molecular formula is C12H16N2O3. The van der Waals surface area contributed by atoms with Gasteiger partial charge in [0.15, 0.2) is 0 Å². The molecule has 0 fully saturated rings. The lowest BCUT2D eigenvalue weighted by Crippen LogP contribution is -2.41. The summed E-state index contributed by atoms with van der Waals surface area (Å²) in [7, 11) is 0. The second-order valence-corrected chi connectivity index (χ2v) is 3.84. The predicted molar refractivity (Wildman–Crippen MR) is 63.5 cm³/mol. The van der Waals surface area contributed by atoms with Gasteiger partial charge in [-0.2, -0.15) is 0 Å². The first-order valence-corrected chi connectivity index (χ1v) is 5.33. The van der Waals surface area contributed by atoms with Crippen LogP contribution in [0.1, 0.15) is 18.4 Å². The van der Waals surface area contributed by atoms with Crippen molar-refractivity contribution in [2.24, 2.45) is 5.73 Å². The molecule has 1 aromatic carbocycles.